The Morgan fingerprint density at radius 2 is 1.74 bits per heavy atom. The van der Waals surface area contributed by atoms with Crippen LogP contribution < -0.4 is 45.1 Å². The molecule has 3 N–H and O–H groups in total. The number of phenols is 1. The number of carbonyl (C=O) groups excluding carboxylic acids is 1. The number of carboxylic acids is 1. The molecule has 0 radical (unpaired) electrons. The van der Waals surface area contributed by atoms with E-state index in [1.165, 1.54) is 0 Å². The maximum absolute atomic E-state index is 10.7. The van der Waals surface area contributed by atoms with Crippen LogP contribution in [0.4, 0.5) is 0 Å². The topological polar surface area (TPSA) is 95.6 Å². The Hall–Kier alpha value is -0.0700. The minimum Gasteiger partial charge on any atom is -0.548 e. The second-order valence-electron chi connectivity index (χ2n) is 4.61. The Kier molecular flexibility index (Phi) is 8.59. The van der Waals surface area contributed by atoms with Gasteiger partial charge < -0.3 is 25.5 Å². The number of phenolic OH excluding ortho intramolecular Hbond substituents is 1. The first-order valence-electron chi connectivity index (χ1n) is 6.28. The summed E-state index contributed by atoms with van der Waals surface area (Å²) in [6, 6.07) is 9.06. The van der Waals surface area contributed by atoms with Crippen LogP contribution in [0.5, 0.6) is 17.2 Å². The number of halogens is 2. The standard InChI is InChI=1S/C15H13I2NO4.Na/c16-11-5-8(7-13(18)15(20)21)6-12(17)14(11)22-10-3-1-9(19)2-4-10;/h1-6,13,19H,7,18H2,(H,20,21);/q;+1/p-1/t13-;/m0./s1. The fraction of sp³-hybridized carbons (Fsp3) is 0.133. The van der Waals surface area contributed by atoms with Gasteiger partial charge in [0.2, 0.25) is 0 Å². The molecule has 0 unspecified atom stereocenters. The van der Waals surface area contributed by atoms with E-state index in [-0.39, 0.29) is 41.7 Å². The van der Waals surface area contributed by atoms with Crippen LogP contribution in [0, 0.1) is 7.14 Å². The molecule has 2 rings (SSSR count). The molecule has 0 aliphatic carbocycles. The first kappa shape index (κ1) is 21.0. The Bertz CT molecular complexity index is 671. The van der Waals surface area contributed by atoms with E-state index in [9.17, 15) is 15.0 Å². The van der Waals surface area contributed by atoms with Gasteiger partial charge in [-0.1, -0.05) is 0 Å². The van der Waals surface area contributed by atoms with E-state index in [1.807, 2.05) is 12.1 Å². The summed E-state index contributed by atoms with van der Waals surface area (Å²) >= 11 is 4.25. The molecule has 0 saturated carbocycles. The van der Waals surface area contributed by atoms with Crippen molar-refractivity contribution in [2.24, 2.45) is 5.73 Å². The molecule has 0 aliphatic rings. The summed E-state index contributed by atoms with van der Waals surface area (Å²) in [7, 11) is 0. The average Bonchev–Trinajstić information content (AvgIpc) is 2.44. The molecule has 2 aromatic rings. The smallest absolute Gasteiger partial charge is 0.548 e. The zero-order valence-corrected chi connectivity index (χ0v) is 18.6. The van der Waals surface area contributed by atoms with Crippen LogP contribution in [0.2, 0.25) is 0 Å². The summed E-state index contributed by atoms with van der Waals surface area (Å²) in [4.78, 5) is 10.7. The molecule has 0 fully saturated rings. The van der Waals surface area contributed by atoms with Crippen LogP contribution in [-0.2, 0) is 11.2 Å². The van der Waals surface area contributed by atoms with E-state index in [1.54, 1.807) is 24.3 Å². The van der Waals surface area contributed by atoms with Gasteiger partial charge >= 0.3 is 29.6 Å². The summed E-state index contributed by atoms with van der Waals surface area (Å²) < 4.78 is 7.51. The number of ether oxygens (including phenoxy) is 1. The van der Waals surface area contributed by atoms with Gasteiger partial charge in [0.15, 0.2) is 5.75 Å². The second kappa shape index (κ2) is 9.42. The van der Waals surface area contributed by atoms with Crippen LogP contribution in [0.25, 0.3) is 0 Å². The third-order valence-corrected chi connectivity index (χ3v) is 4.48. The molecule has 8 heteroatoms. The fourth-order valence-corrected chi connectivity index (χ4v) is 3.91. The maximum Gasteiger partial charge on any atom is 1.00 e. The number of carbonyl (C=O) groups is 1. The SMILES string of the molecule is N[C@@H](Cc1cc(I)c(Oc2ccc(O)cc2)c(I)c1)C(=O)[O-].[Na+]. The largest absolute Gasteiger partial charge is 1.00 e. The number of aliphatic carboxylic acids is 1. The summed E-state index contributed by atoms with van der Waals surface area (Å²) in [6.45, 7) is 0. The number of hydrogen-bond donors (Lipinski definition) is 2. The molecule has 0 aliphatic heterocycles. The molecule has 0 saturated heterocycles. The van der Waals surface area contributed by atoms with Gasteiger partial charge in [-0.25, -0.2) is 0 Å². The van der Waals surface area contributed by atoms with E-state index in [0.717, 1.165) is 12.7 Å². The van der Waals surface area contributed by atoms with E-state index in [2.05, 4.69) is 45.2 Å². The van der Waals surface area contributed by atoms with Crippen LogP contribution in [0.3, 0.4) is 0 Å². The van der Waals surface area contributed by atoms with Crippen LogP contribution >= 0.6 is 45.2 Å². The minimum atomic E-state index is -1.27. The molecular formula is C15H12I2NNaO4. The first-order chi connectivity index (χ1) is 10.4. The molecule has 0 heterocycles. The second-order valence-corrected chi connectivity index (χ2v) is 6.94. The normalized spacial score (nSPS) is 11.4. The average molecular weight is 547 g/mol. The predicted molar refractivity (Wildman–Crippen MR) is 96.7 cm³/mol. The first-order valence-corrected chi connectivity index (χ1v) is 8.44. The van der Waals surface area contributed by atoms with Crippen molar-refractivity contribution >= 4 is 51.2 Å². The molecule has 23 heavy (non-hydrogen) atoms. The Labute approximate surface area is 183 Å². The van der Waals surface area contributed by atoms with Crippen molar-refractivity contribution in [2.45, 2.75) is 12.5 Å². The molecule has 0 amide bonds. The Morgan fingerprint density at radius 3 is 2.22 bits per heavy atom. The van der Waals surface area contributed by atoms with Crippen molar-refractivity contribution in [3.8, 4) is 17.2 Å². The van der Waals surface area contributed by atoms with Gasteiger partial charge in [-0.3, -0.25) is 0 Å². The Balaban J connectivity index is 0.00000264. The number of aromatic hydroxyl groups is 1. The minimum absolute atomic E-state index is 0. The summed E-state index contributed by atoms with van der Waals surface area (Å²) in [5.41, 5.74) is 6.31. The number of carboxylic acid groups (broad SMARTS) is 1. The van der Waals surface area contributed by atoms with Crippen LogP contribution in [0.1, 0.15) is 5.56 Å². The Morgan fingerprint density at radius 1 is 1.22 bits per heavy atom. The molecule has 0 aromatic heterocycles. The molecule has 116 valence electrons. The molecule has 0 spiro atoms. The van der Waals surface area contributed by atoms with Gasteiger partial charge in [0.05, 0.1) is 13.1 Å². The van der Waals surface area contributed by atoms with Crippen molar-refractivity contribution in [2.75, 3.05) is 0 Å². The number of rotatable bonds is 5. The van der Waals surface area contributed by atoms with E-state index >= 15 is 0 Å². The van der Waals surface area contributed by atoms with Crippen LogP contribution in [0.15, 0.2) is 36.4 Å². The van der Waals surface area contributed by atoms with Gasteiger partial charge in [-0.15, -0.1) is 0 Å². The molecular weight excluding hydrogens is 535 g/mol. The third kappa shape index (κ3) is 6.05. The predicted octanol–water partition coefficient (Wildman–Crippen LogP) is -0.983. The molecule has 1 atom stereocenters. The number of nitrogens with two attached hydrogens (primary N) is 1. The van der Waals surface area contributed by atoms with Gasteiger partial charge in [0.25, 0.3) is 0 Å². The van der Waals surface area contributed by atoms with Gasteiger partial charge in [0, 0.05) is 6.04 Å². The monoisotopic (exact) mass is 547 g/mol. The van der Waals surface area contributed by atoms with Gasteiger partial charge in [0.1, 0.15) is 11.5 Å². The van der Waals surface area contributed by atoms with E-state index in [4.69, 9.17) is 10.5 Å². The van der Waals surface area contributed by atoms with Gasteiger partial charge in [-0.05, 0) is 93.6 Å². The van der Waals surface area contributed by atoms with E-state index in [0.29, 0.717) is 11.5 Å². The molecule has 5 nitrogen and oxygen atoms in total. The number of hydrogen-bond acceptors (Lipinski definition) is 5. The van der Waals surface area contributed by atoms with Crippen molar-refractivity contribution in [3.05, 3.63) is 49.1 Å². The fourth-order valence-electron chi connectivity index (χ4n) is 1.80. The zero-order chi connectivity index (χ0) is 16.3. The van der Waals surface area contributed by atoms with Crippen molar-refractivity contribution < 1.29 is 49.3 Å². The maximum atomic E-state index is 10.7. The number of benzene rings is 2. The molecule has 0 bridgehead atoms. The summed E-state index contributed by atoms with van der Waals surface area (Å²) in [6.07, 6.45) is 0.202. The van der Waals surface area contributed by atoms with Crippen molar-refractivity contribution in [3.63, 3.8) is 0 Å². The quantitative estimate of drug-likeness (QED) is 0.371. The molecule has 2 aromatic carbocycles. The van der Waals surface area contributed by atoms with Crippen LogP contribution in [-0.4, -0.2) is 17.1 Å². The summed E-state index contributed by atoms with van der Waals surface area (Å²) in [5, 5.41) is 20.0. The van der Waals surface area contributed by atoms with E-state index < -0.39 is 12.0 Å². The summed E-state index contributed by atoms with van der Waals surface area (Å²) in [5.74, 6) is 0.184. The van der Waals surface area contributed by atoms with Gasteiger partial charge in [-0.2, -0.15) is 0 Å². The third-order valence-electron chi connectivity index (χ3n) is 2.87. The zero-order valence-electron chi connectivity index (χ0n) is 12.3. The van der Waals surface area contributed by atoms with Crippen molar-refractivity contribution in [1.82, 2.24) is 0 Å². The van der Waals surface area contributed by atoms with Crippen molar-refractivity contribution in [1.29, 1.82) is 0 Å².